The van der Waals surface area contributed by atoms with E-state index in [0.717, 1.165) is 19.3 Å². The smallest absolute Gasteiger partial charge is 0.433 e. The highest BCUT2D eigenvalue weighted by atomic mass is 19.4. The zero-order valence-electron chi connectivity index (χ0n) is 15.3. The Hall–Kier alpha value is -2.30. The monoisotopic (exact) mass is 376 g/mol. The Kier molecular flexibility index (Phi) is 5.59. The number of halogens is 3. The van der Waals surface area contributed by atoms with Crippen LogP contribution in [0.3, 0.4) is 0 Å². The van der Waals surface area contributed by atoms with Crippen LogP contribution >= 0.6 is 0 Å². The molecule has 1 aliphatic rings. The molecule has 0 amide bonds. The molecular weight excluding hydrogens is 353 g/mol. The number of benzene rings is 2. The Bertz CT molecular complexity index is 786. The summed E-state index contributed by atoms with van der Waals surface area (Å²) in [5.74, 6) is -1.89. The van der Waals surface area contributed by atoms with Crippen molar-refractivity contribution in [2.75, 3.05) is 0 Å². The Labute approximate surface area is 157 Å². The molecule has 0 saturated carbocycles. The highest BCUT2D eigenvalue weighted by Crippen LogP contribution is 2.56. The fourth-order valence-electron chi connectivity index (χ4n) is 3.98. The van der Waals surface area contributed by atoms with Crippen molar-refractivity contribution in [3.05, 3.63) is 71.3 Å². The summed E-state index contributed by atoms with van der Waals surface area (Å²) in [7, 11) is 0. The summed E-state index contributed by atoms with van der Waals surface area (Å²) in [5.41, 5.74) is -2.03. The first-order chi connectivity index (χ1) is 12.9. The quantitative estimate of drug-likeness (QED) is 0.433. The standard InChI is InChI=1S/C22H23F3O2/c1-2-3-4-8-15-19-17-13-9-10-14-18(17)20(26)27-21(19,22(23,24)25)16-11-6-5-7-12-16/h5-7,9-14,19H,2-4,8,15H2,1H3. The molecule has 0 N–H and O–H groups in total. The van der Waals surface area contributed by atoms with Gasteiger partial charge in [0.05, 0.1) is 5.56 Å². The molecule has 1 aliphatic heterocycles. The molecule has 0 fully saturated rings. The van der Waals surface area contributed by atoms with E-state index < -0.39 is 23.7 Å². The van der Waals surface area contributed by atoms with E-state index in [1.54, 1.807) is 42.5 Å². The van der Waals surface area contributed by atoms with Gasteiger partial charge in [-0.1, -0.05) is 81.1 Å². The number of cyclic esters (lactones) is 1. The summed E-state index contributed by atoms with van der Waals surface area (Å²) >= 11 is 0. The van der Waals surface area contributed by atoms with Gasteiger partial charge < -0.3 is 4.74 Å². The number of carbonyl (C=O) groups is 1. The predicted octanol–water partition coefficient (Wildman–Crippen LogP) is 6.37. The number of esters is 1. The van der Waals surface area contributed by atoms with Crippen molar-refractivity contribution in [2.24, 2.45) is 0 Å². The van der Waals surface area contributed by atoms with Gasteiger partial charge in [0, 0.05) is 11.5 Å². The van der Waals surface area contributed by atoms with E-state index in [1.807, 2.05) is 0 Å². The molecule has 2 aromatic carbocycles. The fourth-order valence-corrected chi connectivity index (χ4v) is 3.98. The average Bonchev–Trinajstić information content (AvgIpc) is 2.66. The van der Waals surface area contributed by atoms with E-state index >= 15 is 0 Å². The number of rotatable bonds is 6. The highest BCUT2D eigenvalue weighted by molar-refractivity contribution is 5.93. The Morgan fingerprint density at radius 1 is 0.963 bits per heavy atom. The van der Waals surface area contributed by atoms with Gasteiger partial charge in [0.1, 0.15) is 0 Å². The lowest BCUT2D eigenvalue weighted by atomic mass is 9.71. The lowest BCUT2D eigenvalue weighted by Crippen LogP contribution is -2.53. The van der Waals surface area contributed by atoms with Crippen LogP contribution in [0.2, 0.25) is 0 Å². The summed E-state index contributed by atoms with van der Waals surface area (Å²) in [6.45, 7) is 2.06. The van der Waals surface area contributed by atoms with E-state index in [0.29, 0.717) is 18.4 Å². The number of alkyl halides is 3. The molecule has 2 unspecified atom stereocenters. The largest absolute Gasteiger partial charge is 0.440 e. The predicted molar refractivity (Wildman–Crippen MR) is 97.5 cm³/mol. The number of ether oxygens (including phenoxy) is 1. The summed E-state index contributed by atoms with van der Waals surface area (Å²) in [6, 6.07) is 14.0. The van der Waals surface area contributed by atoms with Crippen LogP contribution in [0.4, 0.5) is 13.2 Å². The summed E-state index contributed by atoms with van der Waals surface area (Å²) in [5, 5.41) is 0. The number of fused-ring (bicyclic) bond motifs is 1. The maximum atomic E-state index is 14.5. The molecule has 0 spiro atoms. The minimum atomic E-state index is -4.73. The van der Waals surface area contributed by atoms with Gasteiger partial charge in [0.2, 0.25) is 5.60 Å². The molecule has 2 aromatic rings. The molecule has 0 radical (unpaired) electrons. The van der Waals surface area contributed by atoms with Crippen molar-refractivity contribution < 1.29 is 22.7 Å². The molecule has 0 aromatic heterocycles. The summed E-state index contributed by atoms with van der Waals surface area (Å²) in [6.07, 6.45) is -0.954. The van der Waals surface area contributed by atoms with Gasteiger partial charge in [-0.05, 0) is 18.1 Å². The maximum absolute atomic E-state index is 14.5. The highest BCUT2D eigenvalue weighted by Gasteiger charge is 2.66. The molecule has 0 aliphatic carbocycles. The molecule has 144 valence electrons. The molecule has 2 atom stereocenters. The van der Waals surface area contributed by atoms with Gasteiger partial charge in [-0.2, -0.15) is 13.2 Å². The van der Waals surface area contributed by atoms with Crippen molar-refractivity contribution in [2.45, 2.75) is 56.7 Å². The van der Waals surface area contributed by atoms with E-state index in [-0.39, 0.29) is 11.1 Å². The lowest BCUT2D eigenvalue weighted by molar-refractivity contribution is -0.277. The van der Waals surface area contributed by atoms with Gasteiger partial charge in [0.15, 0.2) is 0 Å². The van der Waals surface area contributed by atoms with Crippen molar-refractivity contribution >= 4 is 5.97 Å². The average molecular weight is 376 g/mol. The molecule has 3 rings (SSSR count). The SMILES string of the molecule is CCCCCCC1c2ccccc2C(=O)OC1(c1ccccc1)C(F)(F)F. The van der Waals surface area contributed by atoms with Crippen LogP contribution in [0.25, 0.3) is 0 Å². The van der Waals surface area contributed by atoms with Crippen molar-refractivity contribution in [1.29, 1.82) is 0 Å². The van der Waals surface area contributed by atoms with E-state index in [1.165, 1.54) is 12.1 Å². The Balaban J connectivity index is 2.15. The first-order valence-corrected chi connectivity index (χ1v) is 9.36. The zero-order chi connectivity index (χ0) is 19.5. The van der Waals surface area contributed by atoms with Crippen LogP contribution in [0.1, 0.15) is 66.4 Å². The van der Waals surface area contributed by atoms with Gasteiger partial charge in [0.25, 0.3) is 0 Å². The third-order valence-corrected chi connectivity index (χ3v) is 5.27. The van der Waals surface area contributed by atoms with Gasteiger partial charge in [-0.3, -0.25) is 0 Å². The molecule has 27 heavy (non-hydrogen) atoms. The first-order valence-electron chi connectivity index (χ1n) is 9.36. The van der Waals surface area contributed by atoms with Crippen molar-refractivity contribution in [1.82, 2.24) is 0 Å². The van der Waals surface area contributed by atoms with E-state index in [2.05, 4.69) is 6.92 Å². The fraction of sp³-hybridized carbons (Fsp3) is 0.409. The molecular formula is C22H23F3O2. The lowest BCUT2D eigenvalue weighted by Gasteiger charge is -2.45. The van der Waals surface area contributed by atoms with Gasteiger partial charge in [-0.15, -0.1) is 0 Å². The summed E-state index contributed by atoms with van der Waals surface area (Å²) < 4.78 is 48.7. The summed E-state index contributed by atoms with van der Waals surface area (Å²) in [4.78, 5) is 12.5. The topological polar surface area (TPSA) is 26.3 Å². The number of carbonyl (C=O) groups excluding carboxylic acids is 1. The number of unbranched alkanes of at least 4 members (excludes halogenated alkanes) is 3. The third kappa shape index (κ3) is 3.47. The zero-order valence-corrected chi connectivity index (χ0v) is 15.3. The van der Waals surface area contributed by atoms with Crippen LogP contribution in [0.5, 0.6) is 0 Å². The minimum Gasteiger partial charge on any atom is -0.440 e. The second-order valence-corrected chi connectivity index (χ2v) is 6.98. The van der Waals surface area contributed by atoms with Crippen LogP contribution in [0, 0.1) is 0 Å². The molecule has 2 nitrogen and oxygen atoms in total. The van der Waals surface area contributed by atoms with E-state index in [9.17, 15) is 18.0 Å². The Morgan fingerprint density at radius 3 is 2.30 bits per heavy atom. The second kappa shape index (κ2) is 7.75. The third-order valence-electron chi connectivity index (χ3n) is 5.27. The molecule has 0 saturated heterocycles. The number of hydrogen-bond acceptors (Lipinski definition) is 2. The van der Waals surface area contributed by atoms with Crippen LogP contribution in [0.15, 0.2) is 54.6 Å². The van der Waals surface area contributed by atoms with E-state index in [4.69, 9.17) is 4.74 Å². The first kappa shape index (κ1) is 19.5. The maximum Gasteiger partial charge on any atom is 0.433 e. The molecule has 0 bridgehead atoms. The molecule has 1 heterocycles. The minimum absolute atomic E-state index is 0.0270. The van der Waals surface area contributed by atoms with Crippen LogP contribution in [-0.2, 0) is 10.3 Å². The van der Waals surface area contributed by atoms with Gasteiger partial charge >= 0.3 is 12.1 Å². The normalized spacial score (nSPS) is 22.2. The van der Waals surface area contributed by atoms with Crippen LogP contribution in [-0.4, -0.2) is 12.1 Å². The Morgan fingerprint density at radius 2 is 1.63 bits per heavy atom. The van der Waals surface area contributed by atoms with Crippen molar-refractivity contribution in [3.8, 4) is 0 Å². The second-order valence-electron chi connectivity index (χ2n) is 6.98. The molecule has 5 heteroatoms. The number of hydrogen-bond donors (Lipinski definition) is 0. The van der Waals surface area contributed by atoms with Crippen LogP contribution < -0.4 is 0 Å². The van der Waals surface area contributed by atoms with Gasteiger partial charge in [-0.25, -0.2) is 4.79 Å². The van der Waals surface area contributed by atoms with Crippen molar-refractivity contribution in [3.63, 3.8) is 0 Å².